The summed E-state index contributed by atoms with van der Waals surface area (Å²) in [5, 5.41) is 0. The first-order valence-electron chi connectivity index (χ1n) is 3.96. The van der Waals surface area contributed by atoms with Crippen LogP contribution in [0, 0.1) is 0 Å². The SMILES string of the molecule is C[Si](C)(C)N(S(=O)[O-])[Si](C)(C)C.[K]. The van der Waals surface area contributed by atoms with Gasteiger partial charge in [-0.1, -0.05) is 39.3 Å². The molecule has 0 aliphatic heterocycles. The van der Waals surface area contributed by atoms with Crippen molar-refractivity contribution < 1.29 is 8.76 Å². The third-order valence-corrected chi connectivity index (χ3v) is 12.3. The van der Waals surface area contributed by atoms with E-state index >= 15 is 0 Å². The Morgan fingerprint density at radius 2 is 1.23 bits per heavy atom. The van der Waals surface area contributed by atoms with Crippen LogP contribution >= 0.6 is 0 Å². The van der Waals surface area contributed by atoms with E-state index < -0.39 is 27.7 Å². The fourth-order valence-corrected chi connectivity index (χ4v) is 13.1. The molecule has 7 heteroatoms. The van der Waals surface area contributed by atoms with Crippen molar-refractivity contribution in [2.75, 3.05) is 0 Å². The van der Waals surface area contributed by atoms with Crippen molar-refractivity contribution in [1.82, 2.24) is 3.64 Å². The average molecular weight is 264 g/mol. The van der Waals surface area contributed by atoms with Gasteiger partial charge in [-0.3, -0.25) is 7.85 Å². The first-order chi connectivity index (χ1) is 5.07. The molecule has 3 nitrogen and oxygen atoms in total. The fraction of sp³-hybridized carbons (Fsp3) is 1.00. The summed E-state index contributed by atoms with van der Waals surface area (Å²) in [4.78, 5) is 0. The summed E-state index contributed by atoms with van der Waals surface area (Å²) in [5.41, 5.74) is 0. The van der Waals surface area contributed by atoms with Gasteiger partial charge in [0.2, 0.25) is 0 Å². The molecule has 1 atom stereocenters. The molecular formula is C6H18KNO2SSi2-. The van der Waals surface area contributed by atoms with Gasteiger partial charge in [-0.25, -0.2) is 0 Å². The summed E-state index contributed by atoms with van der Waals surface area (Å²) in [6.07, 6.45) is 0. The molecule has 1 unspecified atom stereocenters. The van der Waals surface area contributed by atoms with Gasteiger partial charge >= 0.3 is 0 Å². The first kappa shape index (κ1) is 17.5. The summed E-state index contributed by atoms with van der Waals surface area (Å²) in [6.45, 7) is 12.3. The molecule has 0 aromatic carbocycles. The van der Waals surface area contributed by atoms with Crippen LogP contribution in [0.15, 0.2) is 0 Å². The van der Waals surface area contributed by atoms with Crippen LogP contribution in [0.1, 0.15) is 0 Å². The van der Waals surface area contributed by atoms with E-state index in [1.807, 2.05) is 0 Å². The van der Waals surface area contributed by atoms with Crippen molar-refractivity contribution in [3.8, 4) is 0 Å². The van der Waals surface area contributed by atoms with Crippen molar-refractivity contribution in [3.05, 3.63) is 0 Å². The largest absolute Gasteiger partial charge is 0.761 e. The topological polar surface area (TPSA) is 43.4 Å². The van der Waals surface area contributed by atoms with Gasteiger partial charge in [0.15, 0.2) is 0 Å². The van der Waals surface area contributed by atoms with E-state index in [9.17, 15) is 8.76 Å². The quantitative estimate of drug-likeness (QED) is 0.570. The minimum absolute atomic E-state index is 0. The number of hydrogen-bond acceptors (Lipinski definition) is 2. The maximum atomic E-state index is 11.0. The minimum atomic E-state index is -2.04. The van der Waals surface area contributed by atoms with Gasteiger partial charge in [0.1, 0.15) is 16.5 Å². The third-order valence-electron chi connectivity index (χ3n) is 1.37. The Morgan fingerprint density at radius 3 is 1.23 bits per heavy atom. The van der Waals surface area contributed by atoms with Crippen LogP contribution < -0.4 is 0 Å². The van der Waals surface area contributed by atoms with Gasteiger partial charge in [-0.15, -0.1) is 0 Å². The molecule has 0 saturated carbocycles. The Labute approximate surface area is 129 Å². The second kappa shape index (κ2) is 6.02. The molecule has 0 fully saturated rings. The molecule has 0 spiro atoms. The summed E-state index contributed by atoms with van der Waals surface area (Å²) in [5.74, 6) is 0. The summed E-state index contributed by atoms with van der Waals surface area (Å²) < 4.78 is 23.7. The van der Waals surface area contributed by atoms with Crippen molar-refractivity contribution in [2.45, 2.75) is 39.3 Å². The van der Waals surface area contributed by atoms with Crippen molar-refractivity contribution in [1.29, 1.82) is 0 Å². The van der Waals surface area contributed by atoms with Gasteiger partial charge in [0, 0.05) is 62.7 Å². The van der Waals surface area contributed by atoms with Gasteiger partial charge in [0.25, 0.3) is 0 Å². The molecule has 0 aliphatic carbocycles. The Hall–Kier alpha value is 2.14. The third kappa shape index (κ3) is 6.33. The van der Waals surface area contributed by atoms with Crippen LogP contribution in [-0.2, 0) is 11.3 Å². The van der Waals surface area contributed by atoms with Crippen LogP contribution in [0.2, 0.25) is 39.3 Å². The molecule has 0 aliphatic rings. The van der Waals surface area contributed by atoms with Crippen LogP contribution in [-0.4, -0.2) is 80.3 Å². The van der Waals surface area contributed by atoms with E-state index in [0.717, 1.165) is 0 Å². The van der Waals surface area contributed by atoms with E-state index in [4.69, 9.17) is 0 Å². The second-order valence-electron chi connectivity index (χ2n) is 4.85. The van der Waals surface area contributed by atoms with Crippen molar-refractivity contribution in [3.63, 3.8) is 0 Å². The monoisotopic (exact) mass is 263 g/mol. The van der Waals surface area contributed by atoms with Crippen LogP contribution in [0.3, 0.4) is 0 Å². The molecule has 0 heterocycles. The number of hydrogen-bond donors (Lipinski definition) is 0. The summed E-state index contributed by atoms with van der Waals surface area (Å²) >= 11 is -2.04. The summed E-state index contributed by atoms with van der Waals surface area (Å²) in [6, 6.07) is 0. The molecule has 0 aromatic rings. The van der Waals surface area contributed by atoms with Crippen LogP contribution in [0.4, 0.5) is 0 Å². The Balaban J connectivity index is 0. The van der Waals surface area contributed by atoms with Gasteiger partial charge < -0.3 is 4.55 Å². The van der Waals surface area contributed by atoms with Gasteiger partial charge in [0.05, 0.1) is 0 Å². The zero-order valence-corrected chi connectivity index (χ0v) is 15.6. The number of rotatable bonds is 3. The van der Waals surface area contributed by atoms with E-state index in [2.05, 4.69) is 39.3 Å². The molecule has 0 N–H and O–H groups in total. The van der Waals surface area contributed by atoms with Crippen molar-refractivity contribution in [2.24, 2.45) is 0 Å². The van der Waals surface area contributed by atoms with Gasteiger partial charge in [-0.2, -0.15) is 0 Å². The second-order valence-corrected chi connectivity index (χ2v) is 16.3. The van der Waals surface area contributed by atoms with Crippen LogP contribution in [0.5, 0.6) is 0 Å². The van der Waals surface area contributed by atoms with E-state index in [-0.39, 0.29) is 51.4 Å². The number of nitrogens with zero attached hydrogens (tertiary/aromatic N) is 1. The molecule has 0 saturated heterocycles. The van der Waals surface area contributed by atoms with E-state index in [1.165, 1.54) is 0 Å². The fourth-order valence-electron chi connectivity index (χ4n) is 1.45. The van der Waals surface area contributed by atoms with Crippen molar-refractivity contribution >= 4 is 79.1 Å². The zero-order chi connectivity index (χ0) is 10.2. The molecule has 13 heavy (non-hydrogen) atoms. The Morgan fingerprint density at radius 1 is 1.00 bits per heavy atom. The Kier molecular flexibility index (Phi) is 8.12. The molecule has 0 rings (SSSR count). The predicted octanol–water partition coefficient (Wildman–Crippen LogP) is 1.37. The minimum Gasteiger partial charge on any atom is -0.761 e. The Bertz CT molecular complexity index is 176. The van der Waals surface area contributed by atoms with Crippen LogP contribution in [0.25, 0.3) is 0 Å². The maximum absolute atomic E-state index is 11.0. The summed E-state index contributed by atoms with van der Waals surface area (Å²) in [7, 11) is -3.41. The van der Waals surface area contributed by atoms with E-state index in [1.54, 1.807) is 3.64 Å². The zero-order valence-electron chi connectivity index (χ0n) is 9.67. The average Bonchev–Trinajstić information content (AvgIpc) is 1.49. The smallest absolute Gasteiger partial charge is 0.125 e. The first-order valence-corrected chi connectivity index (χ1v) is 11.9. The normalized spacial score (nSPS) is 15.4. The van der Waals surface area contributed by atoms with E-state index in [0.29, 0.717) is 0 Å². The van der Waals surface area contributed by atoms with Gasteiger partial charge in [-0.05, 0) is 0 Å². The standard InChI is InChI=1S/C6H19NO2SSi2.K/c1-11(2,3)7(10(8)9)12(4,5)6;/h1-6H3,(H,8,9);/p-1. The predicted molar refractivity (Wildman–Crippen MR) is 63.2 cm³/mol. The molecule has 0 amide bonds. The molecule has 75 valence electrons. The molecule has 0 bridgehead atoms. The molecular weight excluding hydrogens is 245 g/mol. The molecule has 0 aromatic heterocycles. The maximum Gasteiger partial charge on any atom is 0.125 e. The molecule has 1 radical (unpaired) electrons.